The minimum atomic E-state index is -1.13. The van der Waals surface area contributed by atoms with Crippen LogP contribution in [0.3, 0.4) is 0 Å². The Morgan fingerprint density at radius 1 is 1.08 bits per heavy atom. The molecule has 1 aromatic heterocycles. The third kappa shape index (κ3) is 4.33. The molecule has 36 heavy (non-hydrogen) atoms. The fraction of sp³-hybridized carbons (Fsp3) is 0.346. The molecule has 0 spiro atoms. The monoisotopic (exact) mass is 488 g/mol. The van der Waals surface area contributed by atoms with E-state index in [4.69, 9.17) is 4.98 Å². The number of hydrazine groups is 2. The van der Waals surface area contributed by atoms with Gasteiger partial charge in [-0.05, 0) is 61.7 Å². The number of anilines is 4. The summed E-state index contributed by atoms with van der Waals surface area (Å²) in [7, 11) is 0. The number of piperidine rings is 1. The van der Waals surface area contributed by atoms with Gasteiger partial charge in [-0.3, -0.25) is 9.69 Å². The van der Waals surface area contributed by atoms with Gasteiger partial charge in [-0.2, -0.15) is 0 Å². The highest BCUT2D eigenvalue weighted by Crippen LogP contribution is 2.31. The van der Waals surface area contributed by atoms with Crippen LogP contribution in [-0.2, 0) is 13.1 Å². The molecule has 1 saturated heterocycles. The molecule has 0 bridgehead atoms. The number of rotatable bonds is 4. The van der Waals surface area contributed by atoms with Crippen molar-refractivity contribution >= 4 is 28.9 Å². The van der Waals surface area contributed by atoms with Crippen LogP contribution >= 0.6 is 0 Å². The first-order chi connectivity index (χ1) is 17.4. The molecule has 2 atom stereocenters. The largest absolute Gasteiger partial charge is 0.336 e. The number of hydrogen-bond acceptors (Lipinski definition) is 8. The summed E-state index contributed by atoms with van der Waals surface area (Å²) < 4.78 is 15.4. The summed E-state index contributed by atoms with van der Waals surface area (Å²) in [6, 6.07) is 11.4. The molecule has 2 unspecified atom stereocenters. The molecule has 0 saturated carbocycles. The van der Waals surface area contributed by atoms with Gasteiger partial charge >= 0.3 is 0 Å². The Kier molecular flexibility index (Phi) is 5.69. The fourth-order valence-electron chi connectivity index (χ4n) is 5.38. The molecule has 1 fully saturated rings. The number of alkyl halides is 1. The lowest BCUT2D eigenvalue weighted by atomic mass is 10.0. The Balaban J connectivity index is 1.10. The Labute approximate surface area is 209 Å². The summed E-state index contributed by atoms with van der Waals surface area (Å²) >= 11 is 0. The summed E-state index contributed by atoms with van der Waals surface area (Å²) in [5.74, 6) is 0.400. The van der Waals surface area contributed by atoms with Crippen molar-refractivity contribution < 1.29 is 9.18 Å². The number of fused-ring (bicyclic) bond motifs is 2. The van der Waals surface area contributed by atoms with Crippen molar-refractivity contribution in [3.05, 3.63) is 70.5 Å². The van der Waals surface area contributed by atoms with Crippen LogP contribution < -0.4 is 21.7 Å². The Morgan fingerprint density at radius 2 is 1.89 bits per heavy atom. The maximum absolute atomic E-state index is 15.4. The lowest BCUT2D eigenvalue weighted by Gasteiger charge is -2.39. The number of aryl methyl sites for hydroxylation is 2. The number of carbonyl (C=O) groups is 1. The molecule has 3 aromatic rings. The molecule has 4 heterocycles. The first-order valence-electron chi connectivity index (χ1n) is 12.2. The number of nitrogens with one attached hydrogen (secondary N) is 4. The number of nitrogens with zero attached hydrogens (tertiary/aromatic N) is 4. The third-order valence-corrected chi connectivity index (χ3v) is 7.08. The summed E-state index contributed by atoms with van der Waals surface area (Å²) in [5, 5.41) is 3.30. The molecule has 1 amide bonds. The van der Waals surface area contributed by atoms with Crippen LogP contribution in [0, 0.1) is 13.8 Å². The second-order valence-corrected chi connectivity index (χ2v) is 9.83. The molecule has 0 radical (unpaired) electrons. The molecular formula is C26H29FN8O. The molecule has 10 heteroatoms. The number of benzene rings is 2. The average Bonchev–Trinajstić information content (AvgIpc) is 3.49. The van der Waals surface area contributed by atoms with Crippen molar-refractivity contribution in [2.45, 2.75) is 45.6 Å². The van der Waals surface area contributed by atoms with Gasteiger partial charge in [-0.1, -0.05) is 6.07 Å². The van der Waals surface area contributed by atoms with Crippen LogP contribution in [-0.4, -0.2) is 51.0 Å². The number of carbonyl (C=O) groups excluding carboxylic acids is 1. The van der Waals surface area contributed by atoms with E-state index in [9.17, 15) is 4.79 Å². The van der Waals surface area contributed by atoms with Gasteiger partial charge in [0.05, 0.1) is 23.6 Å². The molecule has 186 valence electrons. The van der Waals surface area contributed by atoms with Gasteiger partial charge in [0, 0.05) is 48.7 Å². The summed E-state index contributed by atoms with van der Waals surface area (Å²) in [4.78, 5) is 26.0. The molecule has 0 aliphatic carbocycles. The SMILES string of the molecule is Cc1cc(C)cc(Nc2ncc3c(n2)CN(C2CCN(C(=O)c4ccc5c(c4)NNN5)CC2F)C3)c1. The van der Waals surface area contributed by atoms with E-state index in [-0.39, 0.29) is 18.5 Å². The smallest absolute Gasteiger partial charge is 0.254 e. The predicted octanol–water partition coefficient (Wildman–Crippen LogP) is 3.66. The van der Waals surface area contributed by atoms with Crippen molar-refractivity contribution in [1.29, 1.82) is 0 Å². The highest BCUT2D eigenvalue weighted by Gasteiger charge is 2.38. The van der Waals surface area contributed by atoms with Crippen LogP contribution in [0.1, 0.15) is 39.2 Å². The van der Waals surface area contributed by atoms with Crippen molar-refractivity contribution in [1.82, 2.24) is 25.3 Å². The topological polar surface area (TPSA) is 97.5 Å². The molecule has 6 rings (SSSR count). The van der Waals surface area contributed by atoms with Crippen LogP contribution in [0.2, 0.25) is 0 Å². The van der Waals surface area contributed by atoms with Gasteiger partial charge < -0.3 is 21.1 Å². The molecule has 2 aromatic carbocycles. The summed E-state index contributed by atoms with van der Waals surface area (Å²) in [5.41, 5.74) is 16.2. The zero-order chi connectivity index (χ0) is 24.8. The van der Waals surface area contributed by atoms with Gasteiger partial charge in [0.1, 0.15) is 6.17 Å². The van der Waals surface area contributed by atoms with Crippen LogP contribution in [0.5, 0.6) is 0 Å². The van der Waals surface area contributed by atoms with Crippen LogP contribution in [0.25, 0.3) is 0 Å². The molecule has 3 aliphatic heterocycles. The standard InChI is InChI=1S/C26H29FN8O/c1-15-7-16(2)9-19(8-15)29-26-28-11-18-12-35(14-23(18)30-26)24-5-6-34(13-20(24)27)25(36)17-3-4-21-22(10-17)32-33-31-21/h3-4,7-11,20,24,31-33H,5-6,12-14H2,1-2H3,(H,28,29,30). The number of amides is 1. The lowest BCUT2D eigenvalue weighted by molar-refractivity contribution is 0.0270. The Bertz CT molecular complexity index is 1310. The van der Waals surface area contributed by atoms with E-state index in [1.165, 1.54) is 11.1 Å². The van der Waals surface area contributed by atoms with Gasteiger partial charge in [0.15, 0.2) is 0 Å². The zero-order valence-electron chi connectivity index (χ0n) is 20.3. The van der Waals surface area contributed by atoms with Gasteiger partial charge in [-0.25, -0.2) is 14.4 Å². The van der Waals surface area contributed by atoms with Crippen molar-refractivity contribution in [3.63, 3.8) is 0 Å². The normalized spacial score (nSPS) is 20.9. The van der Waals surface area contributed by atoms with Crippen LogP contribution in [0.4, 0.5) is 27.4 Å². The maximum atomic E-state index is 15.4. The van der Waals surface area contributed by atoms with E-state index >= 15 is 4.39 Å². The first kappa shape index (κ1) is 22.7. The molecule has 4 N–H and O–H groups in total. The molecule has 3 aliphatic rings. The third-order valence-electron chi connectivity index (χ3n) is 7.08. The quantitative estimate of drug-likeness (QED) is 0.442. The van der Waals surface area contributed by atoms with E-state index in [1.54, 1.807) is 17.0 Å². The van der Waals surface area contributed by atoms with E-state index in [2.05, 4.69) is 63.6 Å². The van der Waals surface area contributed by atoms with Crippen molar-refractivity contribution in [2.75, 3.05) is 29.3 Å². The predicted molar refractivity (Wildman–Crippen MR) is 137 cm³/mol. The van der Waals surface area contributed by atoms with E-state index in [0.717, 1.165) is 28.3 Å². The average molecular weight is 489 g/mol. The van der Waals surface area contributed by atoms with Crippen molar-refractivity contribution in [3.8, 4) is 0 Å². The highest BCUT2D eigenvalue weighted by molar-refractivity contribution is 5.96. The van der Waals surface area contributed by atoms with Gasteiger partial charge in [-0.15, -0.1) is 5.53 Å². The van der Waals surface area contributed by atoms with Crippen molar-refractivity contribution in [2.24, 2.45) is 0 Å². The molecule has 9 nitrogen and oxygen atoms in total. The van der Waals surface area contributed by atoms with Gasteiger partial charge in [0.2, 0.25) is 5.95 Å². The van der Waals surface area contributed by atoms with E-state index < -0.39 is 6.17 Å². The highest BCUT2D eigenvalue weighted by atomic mass is 19.1. The second-order valence-electron chi connectivity index (χ2n) is 9.83. The molecular weight excluding hydrogens is 459 g/mol. The van der Waals surface area contributed by atoms with E-state index in [0.29, 0.717) is 37.6 Å². The van der Waals surface area contributed by atoms with Crippen LogP contribution in [0.15, 0.2) is 42.6 Å². The minimum absolute atomic E-state index is 0.0859. The lowest BCUT2D eigenvalue weighted by Crippen LogP contribution is -2.52. The van der Waals surface area contributed by atoms with E-state index in [1.807, 2.05) is 12.3 Å². The summed E-state index contributed by atoms with van der Waals surface area (Å²) in [6.45, 7) is 5.92. The Hall–Kier alpha value is -3.76. The number of aromatic nitrogens is 2. The first-order valence-corrected chi connectivity index (χ1v) is 12.2. The summed E-state index contributed by atoms with van der Waals surface area (Å²) in [6.07, 6.45) is 1.28. The minimum Gasteiger partial charge on any atom is -0.336 e. The fourth-order valence-corrected chi connectivity index (χ4v) is 5.38. The second kappa shape index (κ2) is 9.03. The Morgan fingerprint density at radius 3 is 2.69 bits per heavy atom. The number of halogens is 1. The zero-order valence-corrected chi connectivity index (χ0v) is 20.3. The maximum Gasteiger partial charge on any atom is 0.254 e. The number of likely N-dealkylation sites (tertiary alicyclic amines) is 1. The number of hydrogen-bond donors (Lipinski definition) is 4. The van der Waals surface area contributed by atoms with Gasteiger partial charge in [0.25, 0.3) is 5.91 Å².